The zero-order chi connectivity index (χ0) is 20.2. The van der Waals surface area contributed by atoms with Crippen molar-refractivity contribution >= 4 is 17.7 Å². The van der Waals surface area contributed by atoms with Crippen molar-refractivity contribution in [3.63, 3.8) is 0 Å². The molecule has 1 aromatic heterocycles. The van der Waals surface area contributed by atoms with Crippen LogP contribution in [0.4, 0.5) is 0 Å². The van der Waals surface area contributed by atoms with Crippen molar-refractivity contribution in [3.05, 3.63) is 65.5 Å². The minimum absolute atomic E-state index is 0.00646. The Morgan fingerprint density at radius 1 is 0.966 bits per heavy atom. The summed E-state index contributed by atoms with van der Waals surface area (Å²) in [5, 5.41) is 0. The lowest BCUT2D eigenvalue weighted by molar-refractivity contribution is -0.134. The summed E-state index contributed by atoms with van der Waals surface area (Å²) in [7, 11) is 0. The molecule has 0 spiro atoms. The lowest BCUT2D eigenvalue weighted by Gasteiger charge is -2.35. The van der Waals surface area contributed by atoms with Crippen LogP contribution >= 0.6 is 0 Å². The maximum absolute atomic E-state index is 12.6. The van der Waals surface area contributed by atoms with Crippen LogP contribution in [0.3, 0.4) is 0 Å². The molecule has 0 saturated carbocycles. The highest BCUT2D eigenvalue weighted by atomic mass is 16.2. The molecule has 0 atom stereocenters. The van der Waals surface area contributed by atoms with Gasteiger partial charge in [0.1, 0.15) is 0 Å². The zero-order valence-corrected chi connectivity index (χ0v) is 16.3. The Kier molecular flexibility index (Phi) is 5.67. The van der Waals surface area contributed by atoms with E-state index in [1.54, 1.807) is 30.6 Å². The highest BCUT2D eigenvalue weighted by Gasteiger charge is 2.31. The molecule has 0 bridgehead atoms. The molecule has 4 rings (SSSR count). The SMILES string of the molecule is O=C(CCN1C(=O)Cc2ccccc2C1=O)N1CCN(Cc2ccncc2)CC1. The van der Waals surface area contributed by atoms with Crippen LogP contribution < -0.4 is 0 Å². The lowest BCUT2D eigenvalue weighted by Crippen LogP contribution is -2.49. The van der Waals surface area contributed by atoms with Crippen molar-refractivity contribution in [3.8, 4) is 0 Å². The third-order valence-electron chi connectivity index (χ3n) is 5.57. The number of imide groups is 1. The molecule has 3 heterocycles. The third-order valence-corrected chi connectivity index (χ3v) is 5.57. The minimum atomic E-state index is -0.299. The highest BCUT2D eigenvalue weighted by molar-refractivity contribution is 6.09. The summed E-state index contributed by atoms with van der Waals surface area (Å²) in [5.74, 6) is -0.538. The lowest BCUT2D eigenvalue weighted by atomic mass is 9.98. The number of rotatable bonds is 5. The Morgan fingerprint density at radius 2 is 1.69 bits per heavy atom. The number of fused-ring (bicyclic) bond motifs is 1. The molecule has 1 fully saturated rings. The second-order valence-electron chi connectivity index (χ2n) is 7.45. The summed E-state index contributed by atoms with van der Waals surface area (Å²) >= 11 is 0. The van der Waals surface area contributed by atoms with E-state index in [1.807, 2.05) is 23.1 Å². The van der Waals surface area contributed by atoms with Crippen molar-refractivity contribution in [1.82, 2.24) is 19.7 Å². The summed E-state index contributed by atoms with van der Waals surface area (Å²) in [6.45, 7) is 3.93. The smallest absolute Gasteiger partial charge is 0.260 e. The van der Waals surface area contributed by atoms with E-state index in [4.69, 9.17) is 0 Å². The van der Waals surface area contributed by atoms with Gasteiger partial charge in [0.05, 0.1) is 6.42 Å². The van der Waals surface area contributed by atoms with Crippen LogP contribution in [0.1, 0.15) is 27.9 Å². The van der Waals surface area contributed by atoms with Crippen LogP contribution in [0.25, 0.3) is 0 Å². The Hall–Kier alpha value is -3.06. The Bertz CT molecular complexity index is 907. The van der Waals surface area contributed by atoms with Crippen LogP contribution in [0.15, 0.2) is 48.8 Å². The molecule has 7 heteroatoms. The molecule has 0 unspecified atom stereocenters. The van der Waals surface area contributed by atoms with E-state index in [0.717, 1.165) is 25.2 Å². The first kappa shape index (κ1) is 19.3. The van der Waals surface area contributed by atoms with Gasteiger partial charge in [0.2, 0.25) is 11.8 Å². The van der Waals surface area contributed by atoms with Gasteiger partial charge in [-0.15, -0.1) is 0 Å². The highest BCUT2D eigenvalue weighted by Crippen LogP contribution is 2.20. The van der Waals surface area contributed by atoms with Crippen molar-refractivity contribution in [2.45, 2.75) is 19.4 Å². The van der Waals surface area contributed by atoms with Crippen LogP contribution in [0.5, 0.6) is 0 Å². The summed E-state index contributed by atoms with van der Waals surface area (Å²) in [5.41, 5.74) is 2.53. The molecular weight excluding hydrogens is 368 g/mol. The van der Waals surface area contributed by atoms with Gasteiger partial charge in [-0.05, 0) is 29.3 Å². The molecule has 1 aromatic carbocycles. The van der Waals surface area contributed by atoms with E-state index in [1.165, 1.54) is 10.5 Å². The summed E-state index contributed by atoms with van der Waals surface area (Å²) < 4.78 is 0. The number of hydrogen-bond donors (Lipinski definition) is 0. The number of carbonyl (C=O) groups excluding carboxylic acids is 3. The first-order valence-corrected chi connectivity index (χ1v) is 9.93. The first-order valence-electron chi connectivity index (χ1n) is 9.93. The largest absolute Gasteiger partial charge is 0.340 e. The number of carbonyl (C=O) groups is 3. The predicted molar refractivity (Wildman–Crippen MR) is 107 cm³/mol. The maximum atomic E-state index is 12.6. The fraction of sp³-hybridized carbons (Fsp3) is 0.364. The number of aromatic nitrogens is 1. The van der Waals surface area contributed by atoms with Gasteiger partial charge in [0.15, 0.2) is 0 Å². The number of piperazine rings is 1. The summed E-state index contributed by atoms with van der Waals surface area (Å²) in [4.78, 5) is 47.0. The number of hydrogen-bond acceptors (Lipinski definition) is 5. The van der Waals surface area contributed by atoms with Gasteiger partial charge in [-0.2, -0.15) is 0 Å². The second kappa shape index (κ2) is 8.53. The molecule has 29 heavy (non-hydrogen) atoms. The molecular formula is C22H24N4O3. The van der Waals surface area contributed by atoms with E-state index in [-0.39, 0.29) is 37.1 Å². The average molecular weight is 392 g/mol. The molecule has 2 aromatic rings. The topological polar surface area (TPSA) is 73.8 Å². The molecule has 0 N–H and O–H groups in total. The van der Waals surface area contributed by atoms with Gasteiger partial charge < -0.3 is 4.90 Å². The zero-order valence-electron chi connectivity index (χ0n) is 16.3. The number of nitrogens with zero attached hydrogens (tertiary/aromatic N) is 4. The minimum Gasteiger partial charge on any atom is -0.340 e. The molecule has 150 valence electrons. The van der Waals surface area contributed by atoms with Gasteiger partial charge >= 0.3 is 0 Å². The van der Waals surface area contributed by atoms with Gasteiger partial charge in [0.25, 0.3) is 5.91 Å². The van der Waals surface area contributed by atoms with E-state index < -0.39 is 0 Å². The quantitative estimate of drug-likeness (QED) is 0.718. The fourth-order valence-corrected chi connectivity index (χ4v) is 3.89. The van der Waals surface area contributed by atoms with Gasteiger partial charge in [-0.3, -0.25) is 29.2 Å². The first-order chi connectivity index (χ1) is 14.1. The summed E-state index contributed by atoms with van der Waals surface area (Å²) in [6.07, 6.45) is 3.96. The summed E-state index contributed by atoms with van der Waals surface area (Å²) in [6, 6.07) is 11.2. The van der Waals surface area contributed by atoms with Gasteiger partial charge in [-0.1, -0.05) is 18.2 Å². The number of amides is 3. The molecule has 3 amide bonds. The van der Waals surface area contributed by atoms with E-state index in [2.05, 4.69) is 9.88 Å². The molecule has 0 aliphatic carbocycles. The molecule has 7 nitrogen and oxygen atoms in total. The average Bonchev–Trinajstić information content (AvgIpc) is 2.75. The van der Waals surface area contributed by atoms with Gasteiger partial charge in [0, 0.05) is 63.6 Å². The monoisotopic (exact) mass is 392 g/mol. The number of benzene rings is 1. The molecule has 1 saturated heterocycles. The molecule has 2 aliphatic rings. The maximum Gasteiger partial charge on any atom is 0.260 e. The van der Waals surface area contributed by atoms with Crippen molar-refractivity contribution in [2.75, 3.05) is 32.7 Å². The van der Waals surface area contributed by atoms with E-state index in [0.29, 0.717) is 18.7 Å². The number of pyridine rings is 1. The van der Waals surface area contributed by atoms with E-state index in [9.17, 15) is 14.4 Å². The van der Waals surface area contributed by atoms with Crippen LogP contribution in [0, 0.1) is 0 Å². The Morgan fingerprint density at radius 3 is 2.45 bits per heavy atom. The van der Waals surface area contributed by atoms with Crippen molar-refractivity contribution in [2.24, 2.45) is 0 Å². The molecule has 2 aliphatic heterocycles. The third kappa shape index (κ3) is 4.35. The van der Waals surface area contributed by atoms with Crippen LogP contribution in [-0.4, -0.2) is 70.1 Å². The fourth-order valence-electron chi connectivity index (χ4n) is 3.89. The van der Waals surface area contributed by atoms with Crippen molar-refractivity contribution < 1.29 is 14.4 Å². The second-order valence-corrected chi connectivity index (χ2v) is 7.45. The van der Waals surface area contributed by atoms with Crippen LogP contribution in [-0.2, 0) is 22.6 Å². The van der Waals surface area contributed by atoms with Gasteiger partial charge in [-0.25, -0.2) is 0 Å². The molecule has 0 radical (unpaired) electrons. The Labute approximate surface area is 169 Å². The van der Waals surface area contributed by atoms with E-state index >= 15 is 0 Å². The predicted octanol–water partition coefficient (Wildman–Crippen LogP) is 1.34. The standard InChI is InChI=1S/C22H24N4O3/c27-20(25-13-11-24(12-14-25)16-17-5-8-23-9-6-17)7-10-26-21(28)15-18-3-1-2-4-19(18)22(26)29/h1-6,8-9H,7,10-16H2. The Balaban J connectivity index is 1.27. The normalized spacial score (nSPS) is 17.4. The van der Waals surface area contributed by atoms with Crippen LogP contribution in [0.2, 0.25) is 0 Å². The van der Waals surface area contributed by atoms with Crippen molar-refractivity contribution in [1.29, 1.82) is 0 Å².